The van der Waals surface area contributed by atoms with Gasteiger partial charge in [0.25, 0.3) is 0 Å². The van der Waals surface area contributed by atoms with Crippen LogP contribution in [0.25, 0.3) is 10.9 Å². The summed E-state index contributed by atoms with van der Waals surface area (Å²) in [7, 11) is 0. The third-order valence-electron chi connectivity index (χ3n) is 2.75. The van der Waals surface area contributed by atoms with Crippen LogP contribution >= 0.6 is 45.8 Å². The molecule has 0 N–H and O–H groups in total. The zero-order valence-electron chi connectivity index (χ0n) is 9.81. The van der Waals surface area contributed by atoms with Crippen molar-refractivity contribution in [2.24, 2.45) is 0 Å². The summed E-state index contributed by atoms with van der Waals surface area (Å²) >= 11 is 14.8. The lowest BCUT2D eigenvalue weighted by atomic mass is 9.99. The molecule has 0 unspecified atom stereocenters. The zero-order chi connectivity index (χ0) is 12.7. The van der Waals surface area contributed by atoms with Gasteiger partial charge in [-0.15, -0.1) is 0 Å². The van der Waals surface area contributed by atoms with Gasteiger partial charge >= 0.3 is 0 Å². The van der Waals surface area contributed by atoms with Crippen molar-refractivity contribution in [3.63, 3.8) is 0 Å². The van der Waals surface area contributed by atoms with Crippen molar-refractivity contribution in [2.75, 3.05) is 0 Å². The maximum atomic E-state index is 6.48. The molecule has 0 aliphatic heterocycles. The average molecular weight is 380 g/mol. The summed E-state index contributed by atoms with van der Waals surface area (Å²) in [6.07, 6.45) is 0. The first-order valence-electron chi connectivity index (χ1n) is 5.36. The van der Waals surface area contributed by atoms with Crippen LogP contribution in [0.1, 0.15) is 31.0 Å². The minimum Gasteiger partial charge on any atom is -0.252 e. The molecule has 0 saturated heterocycles. The minimum absolute atomic E-state index is 0.357. The van der Waals surface area contributed by atoms with Crippen molar-refractivity contribution in [3.05, 3.63) is 37.0 Å². The maximum Gasteiger partial charge on any atom is 0.0854 e. The molecular weight excluding hydrogens is 368 g/mol. The van der Waals surface area contributed by atoms with Crippen LogP contribution in [0.3, 0.4) is 0 Å². The van der Waals surface area contributed by atoms with E-state index in [0.717, 1.165) is 30.8 Å². The summed E-state index contributed by atoms with van der Waals surface area (Å²) < 4.78 is 1.03. The van der Waals surface area contributed by atoms with Crippen molar-refractivity contribution < 1.29 is 0 Å². The first-order chi connectivity index (χ1) is 7.91. The molecule has 2 aromatic rings. The maximum absolute atomic E-state index is 6.48. The van der Waals surface area contributed by atoms with E-state index < -0.39 is 0 Å². The lowest BCUT2D eigenvalue weighted by molar-refractivity contribution is 0.848. The molecule has 0 aliphatic carbocycles. The molecule has 0 saturated carbocycles. The number of halogens is 3. The molecule has 1 aromatic heterocycles. The smallest absolute Gasteiger partial charge is 0.0854 e. The van der Waals surface area contributed by atoms with E-state index in [-0.39, 0.29) is 0 Å². The summed E-state index contributed by atoms with van der Waals surface area (Å²) in [6, 6.07) is 3.79. The predicted octanol–water partition coefficient (Wildman–Crippen LogP) is 5.58. The van der Waals surface area contributed by atoms with Crippen LogP contribution in [0.5, 0.6) is 0 Å². The number of hydrogen-bond acceptors (Lipinski definition) is 1. The fourth-order valence-electron chi connectivity index (χ4n) is 2.05. The lowest BCUT2D eigenvalue weighted by Crippen LogP contribution is -1.99. The van der Waals surface area contributed by atoms with Gasteiger partial charge in [0, 0.05) is 19.7 Å². The summed E-state index contributed by atoms with van der Waals surface area (Å²) in [5.41, 5.74) is 3.04. The molecule has 0 spiro atoms. The van der Waals surface area contributed by atoms with E-state index in [4.69, 9.17) is 23.2 Å². The van der Waals surface area contributed by atoms with E-state index >= 15 is 0 Å². The number of nitrogens with zero attached hydrogens (tertiary/aromatic N) is 1. The first-order valence-corrected chi connectivity index (χ1v) is 7.20. The van der Waals surface area contributed by atoms with Gasteiger partial charge < -0.3 is 0 Å². The van der Waals surface area contributed by atoms with Crippen LogP contribution in [-0.4, -0.2) is 4.98 Å². The SMILES string of the molecule is Cc1nc2c(I)cc(Cl)cc2c(Cl)c1C(C)C. The largest absolute Gasteiger partial charge is 0.252 e. The lowest BCUT2D eigenvalue weighted by Gasteiger charge is -2.14. The Hall–Kier alpha value is -0.0600. The highest BCUT2D eigenvalue weighted by atomic mass is 127. The summed E-state index contributed by atoms with van der Waals surface area (Å²) in [4.78, 5) is 4.65. The monoisotopic (exact) mass is 379 g/mol. The zero-order valence-corrected chi connectivity index (χ0v) is 13.5. The summed E-state index contributed by atoms with van der Waals surface area (Å²) in [5, 5.41) is 2.42. The standard InChI is InChI=1S/C13H12Cl2IN/c1-6(2)11-7(3)17-13-9(12(11)15)4-8(14)5-10(13)16/h4-6H,1-3H3. The number of hydrogen-bond donors (Lipinski definition) is 0. The Labute approximate surface area is 125 Å². The molecule has 0 amide bonds. The molecular formula is C13H12Cl2IN. The normalized spacial score (nSPS) is 11.5. The van der Waals surface area contributed by atoms with Crippen molar-refractivity contribution in [3.8, 4) is 0 Å². The second-order valence-electron chi connectivity index (χ2n) is 4.36. The highest BCUT2D eigenvalue weighted by molar-refractivity contribution is 14.1. The number of rotatable bonds is 1. The molecule has 0 atom stereocenters. The predicted molar refractivity (Wildman–Crippen MR) is 83.3 cm³/mol. The van der Waals surface area contributed by atoms with E-state index in [1.54, 1.807) is 0 Å². The van der Waals surface area contributed by atoms with Gasteiger partial charge in [0.2, 0.25) is 0 Å². The molecule has 4 heteroatoms. The summed E-state index contributed by atoms with van der Waals surface area (Å²) in [5.74, 6) is 0.357. The number of pyridine rings is 1. The van der Waals surface area contributed by atoms with Gasteiger partial charge in [-0.05, 0) is 53.1 Å². The molecule has 1 nitrogen and oxygen atoms in total. The second-order valence-corrected chi connectivity index (χ2v) is 6.34. The van der Waals surface area contributed by atoms with Crippen LogP contribution in [0, 0.1) is 10.5 Å². The van der Waals surface area contributed by atoms with Crippen LogP contribution in [0.15, 0.2) is 12.1 Å². The van der Waals surface area contributed by atoms with Gasteiger partial charge in [-0.1, -0.05) is 37.0 Å². The third kappa shape index (κ3) is 2.40. The fraction of sp³-hybridized carbons (Fsp3) is 0.308. The van der Waals surface area contributed by atoms with Crippen molar-refractivity contribution in [1.82, 2.24) is 4.98 Å². The first kappa shape index (κ1) is 13.4. The Bertz CT molecular complexity index is 594. The fourth-order valence-corrected chi connectivity index (χ4v) is 3.70. The van der Waals surface area contributed by atoms with Gasteiger partial charge in [0.15, 0.2) is 0 Å². The highest BCUT2D eigenvalue weighted by Crippen LogP contribution is 2.35. The summed E-state index contributed by atoms with van der Waals surface area (Å²) in [6.45, 7) is 6.25. The van der Waals surface area contributed by atoms with E-state index in [9.17, 15) is 0 Å². The Morgan fingerprint density at radius 1 is 1.24 bits per heavy atom. The van der Waals surface area contributed by atoms with Crippen molar-refractivity contribution >= 4 is 56.7 Å². The van der Waals surface area contributed by atoms with Gasteiger partial charge in [0.1, 0.15) is 0 Å². The van der Waals surface area contributed by atoms with E-state index in [2.05, 4.69) is 41.4 Å². The Balaban J connectivity index is 2.92. The second kappa shape index (κ2) is 4.90. The molecule has 0 radical (unpaired) electrons. The van der Waals surface area contributed by atoms with Crippen LogP contribution in [0.4, 0.5) is 0 Å². The van der Waals surface area contributed by atoms with Gasteiger partial charge in [-0.25, -0.2) is 0 Å². The number of aryl methyl sites for hydroxylation is 1. The number of benzene rings is 1. The van der Waals surface area contributed by atoms with E-state index in [1.165, 1.54) is 0 Å². The highest BCUT2D eigenvalue weighted by Gasteiger charge is 2.15. The van der Waals surface area contributed by atoms with Crippen LogP contribution in [0.2, 0.25) is 10.0 Å². The van der Waals surface area contributed by atoms with Crippen molar-refractivity contribution in [1.29, 1.82) is 0 Å². The van der Waals surface area contributed by atoms with Crippen LogP contribution < -0.4 is 0 Å². The van der Waals surface area contributed by atoms with Gasteiger partial charge in [-0.3, -0.25) is 4.98 Å². The number of aromatic nitrogens is 1. The minimum atomic E-state index is 0.357. The molecule has 17 heavy (non-hydrogen) atoms. The topological polar surface area (TPSA) is 12.9 Å². The Kier molecular flexibility index (Phi) is 3.86. The molecule has 0 bridgehead atoms. The van der Waals surface area contributed by atoms with E-state index in [0.29, 0.717) is 10.9 Å². The van der Waals surface area contributed by atoms with E-state index in [1.807, 2.05) is 19.1 Å². The van der Waals surface area contributed by atoms with Gasteiger partial charge in [0.05, 0.1) is 10.5 Å². The molecule has 1 heterocycles. The molecule has 0 fully saturated rings. The Morgan fingerprint density at radius 2 is 1.88 bits per heavy atom. The number of fused-ring (bicyclic) bond motifs is 1. The quantitative estimate of drug-likeness (QED) is 0.589. The van der Waals surface area contributed by atoms with Gasteiger partial charge in [-0.2, -0.15) is 0 Å². The van der Waals surface area contributed by atoms with Crippen LogP contribution in [-0.2, 0) is 0 Å². The average Bonchev–Trinajstić information content (AvgIpc) is 2.19. The Morgan fingerprint density at radius 3 is 2.47 bits per heavy atom. The molecule has 0 aliphatic rings. The molecule has 90 valence electrons. The third-order valence-corrected chi connectivity index (χ3v) is 4.20. The van der Waals surface area contributed by atoms with Crippen molar-refractivity contribution in [2.45, 2.75) is 26.7 Å². The molecule has 1 aromatic carbocycles. The molecule has 2 rings (SSSR count).